The minimum Gasteiger partial charge on any atom is -0.327 e. The molecule has 1 rings (SSSR count). The standard InChI is InChI=1S/C10H13Cl2NO2S/c1-7(13)5-16(14,15)6-8-2-3-9(11)4-10(8)12/h2-4,7H,5-6,13H2,1H3. The van der Waals surface area contributed by atoms with E-state index in [2.05, 4.69) is 0 Å². The lowest BCUT2D eigenvalue weighted by molar-refractivity contribution is 0.589. The maximum Gasteiger partial charge on any atom is 0.156 e. The third-order valence-corrected chi connectivity index (χ3v) is 4.28. The van der Waals surface area contributed by atoms with Gasteiger partial charge in [-0.3, -0.25) is 0 Å². The van der Waals surface area contributed by atoms with Gasteiger partial charge < -0.3 is 5.73 Å². The third-order valence-electron chi connectivity index (χ3n) is 1.91. The van der Waals surface area contributed by atoms with Crippen LogP contribution < -0.4 is 5.73 Å². The van der Waals surface area contributed by atoms with Gasteiger partial charge in [-0.05, 0) is 24.6 Å². The molecule has 6 heteroatoms. The van der Waals surface area contributed by atoms with E-state index in [9.17, 15) is 8.42 Å². The molecule has 0 aliphatic rings. The van der Waals surface area contributed by atoms with E-state index < -0.39 is 9.84 Å². The van der Waals surface area contributed by atoms with Gasteiger partial charge in [0.25, 0.3) is 0 Å². The van der Waals surface area contributed by atoms with Gasteiger partial charge in [0.1, 0.15) is 0 Å². The molecule has 1 unspecified atom stereocenters. The Morgan fingerprint density at radius 3 is 2.50 bits per heavy atom. The van der Waals surface area contributed by atoms with Crippen molar-refractivity contribution in [3.63, 3.8) is 0 Å². The molecule has 0 heterocycles. The summed E-state index contributed by atoms with van der Waals surface area (Å²) in [5, 5.41) is 0.846. The summed E-state index contributed by atoms with van der Waals surface area (Å²) in [4.78, 5) is 0. The van der Waals surface area contributed by atoms with Crippen LogP contribution in [-0.2, 0) is 15.6 Å². The number of hydrogen-bond acceptors (Lipinski definition) is 3. The summed E-state index contributed by atoms with van der Waals surface area (Å²) < 4.78 is 23.4. The smallest absolute Gasteiger partial charge is 0.156 e. The summed E-state index contributed by atoms with van der Waals surface area (Å²) in [6.07, 6.45) is 0. The van der Waals surface area contributed by atoms with Crippen LogP contribution in [0.5, 0.6) is 0 Å². The molecule has 0 saturated carbocycles. The van der Waals surface area contributed by atoms with E-state index in [0.717, 1.165) is 0 Å². The highest BCUT2D eigenvalue weighted by molar-refractivity contribution is 7.90. The minimum absolute atomic E-state index is 0.0496. The van der Waals surface area contributed by atoms with Crippen LogP contribution >= 0.6 is 23.2 Å². The highest BCUT2D eigenvalue weighted by Crippen LogP contribution is 2.22. The fraction of sp³-hybridized carbons (Fsp3) is 0.400. The Morgan fingerprint density at radius 2 is 2.00 bits per heavy atom. The zero-order valence-corrected chi connectivity index (χ0v) is 11.1. The Labute approximate surface area is 105 Å². The van der Waals surface area contributed by atoms with Crippen LogP contribution in [-0.4, -0.2) is 20.2 Å². The topological polar surface area (TPSA) is 60.2 Å². The quantitative estimate of drug-likeness (QED) is 0.921. The average molecular weight is 282 g/mol. The Kier molecular flexibility index (Phi) is 4.62. The molecule has 1 aromatic carbocycles. The van der Waals surface area contributed by atoms with Crippen molar-refractivity contribution in [1.29, 1.82) is 0 Å². The maximum atomic E-state index is 11.7. The lowest BCUT2D eigenvalue weighted by Crippen LogP contribution is -2.27. The van der Waals surface area contributed by atoms with Crippen molar-refractivity contribution in [3.05, 3.63) is 33.8 Å². The van der Waals surface area contributed by atoms with Gasteiger partial charge in [-0.25, -0.2) is 8.42 Å². The summed E-state index contributed by atoms with van der Waals surface area (Å²) in [5.74, 6) is -0.156. The van der Waals surface area contributed by atoms with Gasteiger partial charge in [-0.1, -0.05) is 29.3 Å². The minimum atomic E-state index is -3.22. The van der Waals surface area contributed by atoms with Crippen molar-refractivity contribution in [2.45, 2.75) is 18.7 Å². The molecule has 0 radical (unpaired) electrons. The average Bonchev–Trinajstić information content (AvgIpc) is 2.07. The van der Waals surface area contributed by atoms with Crippen molar-refractivity contribution in [2.24, 2.45) is 5.73 Å². The van der Waals surface area contributed by atoms with Gasteiger partial charge in [0, 0.05) is 16.1 Å². The number of sulfone groups is 1. The number of halogens is 2. The van der Waals surface area contributed by atoms with Crippen molar-refractivity contribution in [3.8, 4) is 0 Å². The zero-order chi connectivity index (χ0) is 12.3. The summed E-state index contributed by atoms with van der Waals surface area (Å²) >= 11 is 11.6. The van der Waals surface area contributed by atoms with Crippen molar-refractivity contribution in [2.75, 3.05) is 5.75 Å². The van der Waals surface area contributed by atoms with E-state index >= 15 is 0 Å². The molecule has 0 fully saturated rings. The Morgan fingerprint density at radius 1 is 1.38 bits per heavy atom. The molecule has 0 spiro atoms. The first kappa shape index (κ1) is 13.8. The fourth-order valence-corrected chi connectivity index (χ4v) is 3.53. The van der Waals surface area contributed by atoms with Crippen LogP contribution in [0.4, 0.5) is 0 Å². The summed E-state index contributed by atoms with van der Waals surface area (Å²) in [6, 6.07) is 4.38. The predicted molar refractivity (Wildman–Crippen MR) is 67.6 cm³/mol. The number of rotatable bonds is 4. The molecule has 90 valence electrons. The first-order valence-corrected chi connectivity index (χ1v) is 7.28. The third kappa shape index (κ3) is 4.29. The van der Waals surface area contributed by atoms with Crippen molar-refractivity contribution in [1.82, 2.24) is 0 Å². The SMILES string of the molecule is CC(N)CS(=O)(=O)Cc1ccc(Cl)cc1Cl. The van der Waals surface area contributed by atoms with Crippen LogP contribution in [0.25, 0.3) is 0 Å². The molecule has 16 heavy (non-hydrogen) atoms. The normalized spacial score (nSPS) is 13.8. The van der Waals surface area contributed by atoms with Gasteiger partial charge >= 0.3 is 0 Å². The number of benzene rings is 1. The van der Waals surface area contributed by atoms with Crippen LogP contribution in [0.1, 0.15) is 12.5 Å². The first-order chi connectivity index (χ1) is 7.30. The van der Waals surface area contributed by atoms with Gasteiger partial charge in [-0.15, -0.1) is 0 Å². The Bertz CT molecular complexity index is 472. The van der Waals surface area contributed by atoms with E-state index in [0.29, 0.717) is 15.6 Å². The van der Waals surface area contributed by atoms with E-state index in [1.807, 2.05) is 0 Å². The molecule has 0 saturated heterocycles. The molecule has 0 aliphatic heterocycles. The van der Waals surface area contributed by atoms with E-state index in [-0.39, 0.29) is 17.5 Å². The van der Waals surface area contributed by atoms with Crippen LogP contribution in [0.2, 0.25) is 10.0 Å². The summed E-state index contributed by atoms with van der Waals surface area (Å²) in [6.45, 7) is 1.65. The molecule has 0 bridgehead atoms. The van der Waals surface area contributed by atoms with Gasteiger partial charge in [0.2, 0.25) is 0 Å². The highest BCUT2D eigenvalue weighted by atomic mass is 35.5. The van der Waals surface area contributed by atoms with Crippen LogP contribution in [0.15, 0.2) is 18.2 Å². The maximum absolute atomic E-state index is 11.7. The lowest BCUT2D eigenvalue weighted by Gasteiger charge is -2.08. The number of nitrogens with two attached hydrogens (primary N) is 1. The molecule has 0 amide bonds. The first-order valence-electron chi connectivity index (χ1n) is 4.70. The molecule has 2 N–H and O–H groups in total. The monoisotopic (exact) mass is 281 g/mol. The molecular formula is C10H13Cl2NO2S. The molecule has 0 aromatic heterocycles. The summed E-state index contributed by atoms with van der Waals surface area (Å²) in [5.41, 5.74) is 6.01. The van der Waals surface area contributed by atoms with E-state index in [4.69, 9.17) is 28.9 Å². The fourth-order valence-electron chi connectivity index (χ4n) is 1.34. The molecule has 3 nitrogen and oxygen atoms in total. The molecule has 1 aromatic rings. The Hall–Kier alpha value is -0.290. The zero-order valence-electron chi connectivity index (χ0n) is 8.78. The lowest BCUT2D eigenvalue weighted by atomic mass is 10.2. The van der Waals surface area contributed by atoms with Crippen LogP contribution in [0, 0.1) is 0 Å². The largest absolute Gasteiger partial charge is 0.327 e. The second-order valence-electron chi connectivity index (χ2n) is 3.77. The van der Waals surface area contributed by atoms with E-state index in [1.165, 1.54) is 6.07 Å². The Balaban J connectivity index is 2.88. The van der Waals surface area contributed by atoms with Crippen molar-refractivity contribution < 1.29 is 8.42 Å². The van der Waals surface area contributed by atoms with Gasteiger partial charge in [0.05, 0.1) is 11.5 Å². The van der Waals surface area contributed by atoms with E-state index in [1.54, 1.807) is 19.1 Å². The molecule has 0 aliphatic carbocycles. The van der Waals surface area contributed by atoms with Gasteiger partial charge in [0.15, 0.2) is 9.84 Å². The summed E-state index contributed by atoms with van der Waals surface area (Å²) in [7, 11) is -3.22. The van der Waals surface area contributed by atoms with Crippen LogP contribution in [0.3, 0.4) is 0 Å². The molecule has 1 atom stereocenters. The van der Waals surface area contributed by atoms with Crippen molar-refractivity contribution >= 4 is 33.0 Å². The second-order valence-corrected chi connectivity index (χ2v) is 6.72. The predicted octanol–water partition coefficient (Wildman–Crippen LogP) is 2.26. The molecular weight excluding hydrogens is 269 g/mol. The number of hydrogen-bond donors (Lipinski definition) is 1. The second kappa shape index (κ2) is 5.36. The highest BCUT2D eigenvalue weighted by Gasteiger charge is 2.16. The van der Waals surface area contributed by atoms with Gasteiger partial charge in [-0.2, -0.15) is 0 Å².